The molecule has 0 aliphatic carbocycles. The Labute approximate surface area is 132 Å². The minimum absolute atomic E-state index is 0.0855. The molecule has 0 spiro atoms. The van der Waals surface area contributed by atoms with Gasteiger partial charge in [-0.15, -0.1) is 0 Å². The van der Waals surface area contributed by atoms with Crippen LogP contribution in [0.15, 0.2) is 0 Å². The highest BCUT2D eigenvalue weighted by Gasteiger charge is 2.30. The lowest BCUT2D eigenvalue weighted by Crippen LogP contribution is -2.51. The molecule has 1 aliphatic heterocycles. The number of carbonyl (C=O) groups excluding carboxylic acids is 2. The van der Waals surface area contributed by atoms with E-state index in [-0.39, 0.29) is 24.2 Å². The van der Waals surface area contributed by atoms with Crippen molar-refractivity contribution in [2.45, 2.75) is 59.4 Å². The maximum Gasteiger partial charge on any atom is 0.303 e. The Bertz CT molecular complexity index is 428. The number of rotatable bonds is 5. The van der Waals surface area contributed by atoms with Gasteiger partial charge in [-0.05, 0) is 32.1 Å². The van der Waals surface area contributed by atoms with Gasteiger partial charge < -0.3 is 15.3 Å². The van der Waals surface area contributed by atoms with E-state index >= 15 is 0 Å². The first-order valence-electron chi connectivity index (χ1n) is 7.93. The summed E-state index contributed by atoms with van der Waals surface area (Å²) in [7, 11) is 0. The summed E-state index contributed by atoms with van der Waals surface area (Å²) < 4.78 is 0. The van der Waals surface area contributed by atoms with Crippen LogP contribution >= 0.6 is 0 Å². The van der Waals surface area contributed by atoms with Crippen LogP contribution in [0.5, 0.6) is 0 Å². The van der Waals surface area contributed by atoms with E-state index < -0.39 is 17.4 Å². The molecule has 1 fully saturated rings. The molecule has 0 aromatic carbocycles. The van der Waals surface area contributed by atoms with E-state index in [2.05, 4.69) is 5.32 Å². The molecule has 2 N–H and O–H groups in total. The van der Waals surface area contributed by atoms with Gasteiger partial charge in [0.2, 0.25) is 11.8 Å². The first kappa shape index (κ1) is 18.5. The van der Waals surface area contributed by atoms with Crippen LogP contribution in [0.3, 0.4) is 0 Å². The molecule has 2 unspecified atom stereocenters. The topological polar surface area (TPSA) is 86.7 Å². The molecule has 0 aromatic rings. The minimum atomic E-state index is -0.797. The third-order valence-corrected chi connectivity index (χ3v) is 4.00. The van der Waals surface area contributed by atoms with Gasteiger partial charge in [0.15, 0.2) is 0 Å². The average molecular weight is 312 g/mol. The number of carbonyl (C=O) groups is 3. The molecule has 6 heteroatoms. The van der Waals surface area contributed by atoms with Crippen LogP contribution in [0.1, 0.15) is 53.4 Å². The maximum absolute atomic E-state index is 12.4. The van der Waals surface area contributed by atoms with Gasteiger partial charge in [-0.3, -0.25) is 14.4 Å². The van der Waals surface area contributed by atoms with Crippen LogP contribution in [0.2, 0.25) is 0 Å². The van der Waals surface area contributed by atoms with E-state index in [4.69, 9.17) is 5.11 Å². The standard InChI is InChI=1S/C16H28N2O4/c1-11(17-15(22)16(2,3)4)14(21)18-9-5-6-12(10-18)7-8-13(19)20/h11-12H,5-10H2,1-4H3,(H,17,22)(H,19,20). The number of piperidine rings is 1. The number of aliphatic carboxylic acids is 1. The second kappa shape index (κ2) is 7.61. The Morgan fingerprint density at radius 3 is 2.50 bits per heavy atom. The Kier molecular flexibility index (Phi) is 6.38. The van der Waals surface area contributed by atoms with Gasteiger partial charge in [0.1, 0.15) is 6.04 Å². The number of nitrogens with zero attached hydrogens (tertiary/aromatic N) is 1. The Morgan fingerprint density at radius 1 is 1.32 bits per heavy atom. The van der Waals surface area contributed by atoms with Crippen LogP contribution in [0, 0.1) is 11.3 Å². The van der Waals surface area contributed by atoms with Gasteiger partial charge >= 0.3 is 5.97 Å². The minimum Gasteiger partial charge on any atom is -0.481 e. The number of carboxylic acids is 1. The smallest absolute Gasteiger partial charge is 0.303 e. The Balaban J connectivity index is 2.53. The van der Waals surface area contributed by atoms with Crippen molar-refractivity contribution in [3.8, 4) is 0 Å². The fourth-order valence-electron chi connectivity index (χ4n) is 2.58. The maximum atomic E-state index is 12.4. The van der Waals surface area contributed by atoms with Crippen LogP contribution in [-0.2, 0) is 14.4 Å². The second-order valence-electron chi connectivity index (χ2n) is 7.17. The summed E-state index contributed by atoms with van der Waals surface area (Å²) in [5.41, 5.74) is -0.527. The van der Waals surface area contributed by atoms with E-state index in [9.17, 15) is 14.4 Å². The van der Waals surface area contributed by atoms with Crippen molar-refractivity contribution >= 4 is 17.8 Å². The van der Waals surface area contributed by atoms with E-state index in [0.717, 1.165) is 12.8 Å². The van der Waals surface area contributed by atoms with Crippen molar-refractivity contribution in [3.05, 3.63) is 0 Å². The Hall–Kier alpha value is -1.59. The second-order valence-corrected chi connectivity index (χ2v) is 7.17. The largest absolute Gasteiger partial charge is 0.481 e. The third kappa shape index (κ3) is 5.66. The lowest BCUT2D eigenvalue weighted by Gasteiger charge is -2.34. The predicted octanol–water partition coefficient (Wildman–Crippen LogP) is 1.64. The van der Waals surface area contributed by atoms with Gasteiger partial charge in [0.05, 0.1) is 0 Å². The van der Waals surface area contributed by atoms with Crippen molar-refractivity contribution in [3.63, 3.8) is 0 Å². The van der Waals surface area contributed by atoms with Crippen LogP contribution in [-0.4, -0.2) is 46.9 Å². The fraction of sp³-hybridized carbons (Fsp3) is 0.812. The number of nitrogens with one attached hydrogen (secondary N) is 1. The van der Waals surface area contributed by atoms with Gasteiger partial charge in [-0.2, -0.15) is 0 Å². The van der Waals surface area contributed by atoms with Gasteiger partial charge in [0.25, 0.3) is 0 Å². The number of hydrogen-bond acceptors (Lipinski definition) is 3. The molecule has 1 aliphatic rings. The van der Waals surface area contributed by atoms with Gasteiger partial charge in [-0.1, -0.05) is 20.8 Å². The van der Waals surface area contributed by atoms with Crippen LogP contribution in [0.25, 0.3) is 0 Å². The SMILES string of the molecule is CC(NC(=O)C(C)(C)C)C(=O)N1CCCC(CCC(=O)O)C1. The number of likely N-dealkylation sites (tertiary alicyclic amines) is 1. The lowest BCUT2D eigenvalue weighted by atomic mass is 9.92. The Morgan fingerprint density at radius 2 is 1.95 bits per heavy atom. The zero-order valence-electron chi connectivity index (χ0n) is 14.0. The van der Waals surface area contributed by atoms with Gasteiger partial charge in [0, 0.05) is 24.9 Å². The lowest BCUT2D eigenvalue weighted by molar-refractivity contribution is -0.139. The number of amides is 2. The van der Waals surface area contributed by atoms with Crippen molar-refractivity contribution in [2.24, 2.45) is 11.3 Å². The molecule has 1 heterocycles. The van der Waals surface area contributed by atoms with E-state index in [1.54, 1.807) is 11.8 Å². The van der Waals surface area contributed by atoms with Crippen molar-refractivity contribution in [1.29, 1.82) is 0 Å². The quantitative estimate of drug-likeness (QED) is 0.808. The summed E-state index contributed by atoms with van der Waals surface area (Å²) in [6, 6.07) is -0.551. The normalized spacial score (nSPS) is 20.4. The first-order valence-corrected chi connectivity index (χ1v) is 7.93. The molecule has 0 saturated carbocycles. The molecule has 2 atom stereocenters. The van der Waals surface area contributed by atoms with Crippen molar-refractivity contribution < 1.29 is 19.5 Å². The van der Waals surface area contributed by atoms with Crippen LogP contribution < -0.4 is 5.32 Å². The van der Waals surface area contributed by atoms with Gasteiger partial charge in [-0.25, -0.2) is 0 Å². The molecule has 126 valence electrons. The van der Waals surface area contributed by atoms with Crippen molar-refractivity contribution in [1.82, 2.24) is 10.2 Å². The molecular weight excluding hydrogens is 284 g/mol. The fourth-order valence-corrected chi connectivity index (χ4v) is 2.58. The van der Waals surface area contributed by atoms with Crippen molar-refractivity contribution in [2.75, 3.05) is 13.1 Å². The number of hydrogen-bond donors (Lipinski definition) is 2. The summed E-state index contributed by atoms with van der Waals surface area (Å²) in [5.74, 6) is -0.793. The highest BCUT2D eigenvalue weighted by Crippen LogP contribution is 2.22. The molecule has 1 saturated heterocycles. The number of carboxylic acid groups (broad SMARTS) is 1. The first-order chi connectivity index (χ1) is 10.1. The zero-order valence-corrected chi connectivity index (χ0v) is 14.0. The molecular formula is C16H28N2O4. The molecule has 2 amide bonds. The third-order valence-electron chi connectivity index (χ3n) is 4.00. The average Bonchev–Trinajstić information content (AvgIpc) is 2.43. The molecule has 0 radical (unpaired) electrons. The molecule has 6 nitrogen and oxygen atoms in total. The summed E-state index contributed by atoms with van der Waals surface area (Å²) in [5, 5.41) is 11.5. The highest BCUT2D eigenvalue weighted by atomic mass is 16.4. The highest BCUT2D eigenvalue weighted by molar-refractivity contribution is 5.89. The summed E-state index contributed by atoms with van der Waals surface area (Å²) in [6.45, 7) is 8.39. The predicted molar refractivity (Wildman–Crippen MR) is 83.2 cm³/mol. The summed E-state index contributed by atoms with van der Waals surface area (Å²) in [6.07, 6.45) is 2.58. The molecule has 0 bridgehead atoms. The van der Waals surface area contributed by atoms with E-state index in [1.165, 1.54) is 0 Å². The molecule has 22 heavy (non-hydrogen) atoms. The van der Waals surface area contributed by atoms with E-state index in [1.807, 2.05) is 20.8 Å². The summed E-state index contributed by atoms with van der Waals surface area (Å²) >= 11 is 0. The van der Waals surface area contributed by atoms with E-state index in [0.29, 0.717) is 19.5 Å². The zero-order chi connectivity index (χ0) is 16.9. The van der Waals surface area contributed by atoms with Crippen LogP contribution in [0.4, 0.5) is 0 Å². The molecule has 1 rings (SSSR count). The summed E-state index contributed by atoms with van der Waals surface area (Å²) in [4.78, 5) is 36.8. The monoisotopic (exact) mass is 312 g/mol. The molecule has 0 aromatic heterocycles.